The van der Waals surface area contributed by atoms with Crippen LogP contribution in [-0.2, 0) is 4.79 Å². The third-order valence-electron chi connectivity index (χ3n) is 2.40. The molecule has 68 valence electrons. The van der Waals surface area contributed by atoms with Gasteiger partial charge in [0.05, 0.1) is 0 Å². The molecule has 0 amide bonds. The number of hydrogen-bond acceptors (Lipinski definition) is 1. The van der Waals surface area contributed by atoms with Crippen LogP contribution in [-0.4, -0.2) is 5.78 Å². The molecule has 2 rings (SSSR count). The number of Topliss-reactive ketones (excluding diaryl/α,β-unsaturated/α-hetero) is 1. The van der Waals surface area contributed by atoms with E-state index in [9.17, 15) is 9.18 Å². The van der Waals surface area contributed by atoms with E-state index >= 15 is 0 Å². The molecular weight excluding hydrogens is 235 g/mol. The van der Waals surface area contributed by atoms with Crippen LogP contribution in [0.3, 0.4) is 0 Å². The molecule has 0 N–H and O–H groups in total. The van der Waals surface area contributed by atoms with Gasteiger partial charge >= 0.3 is 0 Å². The van der Waals surface area contributed by atoms with Crippen molar-refractivity contribution in [3.05, 3.63) is 34.1 Å². The summed E-state index contributed by atoms with van der Waals surface area (Å²) in [6.07, 6.45) is 1.38. The summed E-state index contributed by atoms with van der Waals surface area (Å²) >= 11 is 3.26. The first-order chi connectivity index (χ1) is 6.18. The Kier molecular flexibility index (Phi) is 2.20. The third-order valence-corrected chi connectivity index (χ3v) is 2.89. The second-order valence-corrected chi connectivity index (χ2v) is 4.14. The smallest absolute Gasteiger partial charge is 0.140 e. The molecule has 0 radical (unpaired) electrons. The van der Waals surface area contributed by atoms with Crippen LogP contribution in [0.1, 0.15) is 24.3 Å². The Balaban J connectivity index is 2.38. The maximum absolute atomic E-state index is 13.2. The van der Waals surface area contributed by atoms with Crippen molar-refractivity contribution >= 4 is 21.7 Å². The Hall–Kier alpha value is -0.700. The SMILES string of the molecule is O=C1CC[C@H]1c1cc(Br)ccc1F. The molecule has 0 unspecified atom stereocenters. The Bertz CT molecular complexity index is 362. The lowest BCUT2D eigenvalue weighted by atomic mass is 9.78. The molecule has 1 aromatic rings. The first kappa shape index (κ1) is 8.88. The Morgan fingerprint density at radius 1 is 1.46 bits per heavy atom. The van der Waals surface area contributed by atoms with Crippen molar-refractivity contribution < 1.29 is 9.18 Å². The van der Waals surface area contributed by atoms with Crippen LogP contribution in [0.15, 0.2) is 22.7 Å². The molecule has 1 aliphatic carbocycles. The zero-order valence-corrected chi connectivity index (χ0v) is 8.47. The minimum Gasteiger partial charge on any atom is -0.299 e. The molecule has 0 bridgehead atoms. The van der Waals surface area contributed by atoms with Crippen LogP contribution >= 0.6 is 15.9 Å². The molecule has 1 nitrogen and oxygen atoms in total. The highest BCUT2D eigenvalue weighted by molar-refractivity contribution is 9.10. The zero-order valence-electron chi connectivity index (χ0n) is 6.89. The topological polar surface area (TPSA) is 17.1 Å². The van der Waals surface area contributed by atoms with Crippen molar-refractivity contribution in [2.45, 2.75) is 18.8 Å². The number of carbonyl (C=O) groups excluding carboxylic acids is 1. The normalized spacial score (nSPS) is 21.4. The predicted molar refractivity (Wildman–Crippen MR) is 51.1 cm³/mol. The fourth-order valence-electron chi connectivity index (χ4n) is 1.52. The van der Waals surface area contributed by atoms with Crippen LogP contribution in [0.5, 0.6) is 0 Å². The predicted octanol–water partition coefficient (Wildman–Crippen LogP) is 3.03. The zero-order chi connectivity index (χ0) is 9.42. The van der Waals surface area contributed by atoms with Gasteiger partial charge in [0.2, 0.25) is 0 Å². The molecule has 1 atom stereocenters. The van der Waals surface area contributed by atoms with Gasteiger partial charge in [0.1, 0.15) is 11.6 Å². The van der Waals surface area contributed by atoms with E-state index in [4.69, 9.17) is 0 Å². The summed E-state index contributed by atoms with van der Waals surface area (Å²) in [5.74, 6) is -0.323. The highest BCUT2D eigenvalue weighted by atomic mass is 79.9. The Morgan fingerprint density at radius 3 is 2.77 bits per heavy atom. The van der Waals surface area contributed by atoms with Crippen LogP contribution in [0.25, 0.3) is 0 Å². The molecule has 1 aliphatic rings. The van der Waals surface area contributed by atoms with Crippen molar-refractivity contribution in [1.29, 1.82) is 0 Å². The second kappa shape index (κ2) is 3.22. The van der Waals surface area contributed by atoms with Crippen molar-refractivity contribution in [1.82, 2.24) is 0 Å². The standard InChI is InChI=1S/C10H8BrFO/c11-6-1-3-9(12)8(5-6)7-2-4-10(7)13/h1,3,5,7H,2,4H2/t7-/m0/s1. The quantitative estimate of drug-likeness (QED) is 0.740. The van der Waals surface area contributed by atoms with E-state index in [-0.39, 0.29) is 17.5 Å². The highest BCUT2D eigenvalue weighted by Gasteiger charge is 2.31. The van der Waals surface area contributed by atoms with E-state index in [1.165, 1.54) is 6.07 Å². The molecule has 1 aromatic carbocycles. The lowest BCUT2D eigenvalue weighted by molar-refractivity contribution is -0.125. The van der Waals surface area contributed by atoms with E-state index in [2.05, 4.69) is 15.9 Å². The van der Waals surface area contributed by atoms with E-state index in [0.29, 0.717) is 12.0 Å². The number of rotatable bonds is 1. The average molecular weight is 243 g/mol. The number of halogens is 2. The summed E-state index contributed by atoms with van der Waals surface area (Å²) < 4.78 is 14.1. The van der Waals surface area contributed by atoms with E-state index in [1.54, 1.807) is 12.1 Å². The van der Waals surface area contributed by atoms with Crippen molar-refractivity contribution in [3.8, 4) is 0 Å². The summed E-state index contributed by atoms with van der Waals surface area (Å²) in [7, 11) is 0. The summed E-state index contributed by atoms with van der Waals surface area (Å²) in [6.45, 7) is 0. The van der Waals surface area contributed by atoms with Gasteiger partial charge in [-0.15, -0.1) is 0 Å². The summed E-state index contributed by atoms with van der Waals surface area (Å²) in [5, 5.41) is 0. The maximum Gasteiger partial charge on any atom is 0.140 e. The number of carbonyl (C=O) groups is 1. The fraction of sp³-hybridized carbons (Fsp3) is 0.300. The van der Waals surface area contributed by atoms with Crippen molar-refractivity contribution in [3.63, 3.8) is 0 Å². The van der Waals surface area contributed by atoms with Gasteiger partial charge in [0.15, 0.2) is 0 Å². The maximum atomic E-state index is 13.2. The van der Waals surface area contributed by atoms with Gasteiger partial charge in [-0.05, 0) is 30.2 Å². The van der Waals surface area contributed by atoms with E-state index < -0.39 is 0 Å². The van der Waals surface area contributed by atoms with Gasteiger partial charge in [-0.3, -0.25) is 4.79 Å². The van der Waals surface area contributed by atoms with Gasteiger partial charge in [-0.1, -0.05) is 15.9 Å². The van der Waals surface area contributed by atoms with E-state index in [1.807, 2.05) is 0 Å². The van der Waals surface area contributed by atoms with Crippen LogP contribution in [0.4, 0.5) is 4.39 Å². The van der Waals surface area contributed by atoms with Gasteiger partial charge < -0.3 is 0 Å². The molecule has 3 heteroatoms. The number of benzene rings is 1. The summed E-state index contributed by atoms with van der Waals surface area (Å²) in [4.78, 5) is 11.1. The third kappa shape index (κ3) is 1.53. The summed E-state index contributed by atoms with van der Waals surface area (Å²) in [6, 6.07) is 4.73. The largest absolute Gasteiger partial charge is 0.299 e. The minimum absolute atomic E-state index is 0.150. The molecule has 0 saturated heterocycles. The average Bonchev–Trinajstić information content (AvgIpc) is 2.09. The molecule has 0 spiro atoms. The molecule has 13 heavy (non-hydrogen) atoms. The molecule has 0 aliphatic heterocycles. The molecule has 0 heterocycles. The van der Waals surface area contributed by atoms with Gasteiger partial charge in [0, 0.05) is 16.8 Å². The minimum atomic E-state index is -0.277. The first-order valence-corrected chi connectivity index (χ1v) is 4.95. The Labute approximate surface area is 84.1 Å². The van der Waals surface area contributed by atoms with Crippen LogP contribution < -0.4 is 0 Å². The van der Waals surface area contributed by atoms with Gasteiger partial charge in [0.25, 0.3) is 0 Å². The number of ketones is 1. The van der Waals surface area contributed by atoms with Crippen molar-refractivity contribution in [2.75, 3.05) is 0 Å². The van der Waals surface area contributed by atoms with Gasteiger partial charge in [-0.25, -0.2) is 4.39 Å². The molecule has 1 saturated carbocycles. The van der Waals surface area contributed by atoms with E-state index in [0.717, 1.165) is 10.9 Å². The van der Waals surface area contributed by atoms with Crippen LogP contribution in [0, 0.1) is 5.82 Å². The highest BCUT2D eigenvalue weighted by Crippen LogP contribution is 2.35. The first-order valence-electron chi connectivity index (χ1n) is 4.16. The van der Waals surface area contributed by atoms with Gasteiger partial charge in [-0.2, -0.15) is 0 Å². The Morgan fingerprint density at radius 2 is 2.23 bits per heavy atom. The lowest BCUT2D eigenvalue weighted by Gasteiger charge is -2.24. The molecule has 1 fully saturated rings. The molecular formula is C10H8BrFO. The lowest BCUT2D eigenvalue weighted by Crippen LogP contribution is -2.24. The summed E-state index contributed by atoms with van der Waals surface area (Å²) in [5.41, 5.74) is 0.533. The van der Waals surface area contributed by atoms with Crippen molar-refractivity contribution in [2.24, 2.45) is 0 Å². The molecule has 0 aromatic heterocycles. The van der Waals surface area contributed by atoms with Crippen LogP contribution in [0.2, 0.25) is 0 Å². The second-order valence-electron chi connectivity index (χ2n) is 3.22. The number of hydrogen-bond donors (Lipinski definition) is 0. The fourth-order valence-corrected chi connectivity index (χ4v) is 1.90. The monoisotopic (exact) mass is 242 g/mol.